The Balaban J connectivity index is 1.91. The highest BCUT2D eigenvalue weighted by molar-refractivity contribution is 5.78. The number of pyridine rings is 1. The Morgan fingerprint density at radius 2 is 2.16 bits per heavy atom. The van der Waals surface area contributed by atoms with Gasteiger partial charge in [-0.1, -0.05) is 12.1 Å². The Morgan fingerprint density at radius 1 is 1.42 bits per heavy atom. The monoisotopic (exact) mass is 260 g/mol. The van der Waals surface area contributed by atoms with Gasteiger partial charge in [0, 0.05) is 18.8 Å². The fourth-order valence-electron chi connectivity index (χ4n) is 1.63. The summed E-state index contributed by atoms with van der Waals surface area (Å²) in [5.41, 5.74) is 0.916. The number of nitrogens with one attached hydrogen (secondary N) is 1. The minimum Gasteiger partial charge on any atom is -0.344 e. The van der Waals surface area contributed by atoms with Crippen molar-refractivity contribution in [3.8, 4) is 0 Å². The summed E-state index contributed by atoms with van der Waals surface area (Å²) in [6, 6.07) is 3.33. The van der Waals surface area contributed by atoms with Crippen molar-refractivity contribution < 1.29 is 9.32 Å². The minimum atomic E-state index is -0.290. The van der Waals surface area contributed by atoms with E-state index in [9.17, 15) is 4.79 Å². The van der Waals surface area contributed by atoms with Gasteiger partial charge in [0.1, 0.15) is 6.04 Å². The van der Waals surface area contributed by atoms with Crippen LogP contribution in [0.2, 0.25) is 0 Å². The van der Waals surface area contributed by atoms with E-state index in [1.807, 2.05) is 26.0 Å². The zero-order valence-electron chi connectivity index (χ0n) is 11.0. The van der Waals surface area contributed by atoms with Gasteiger partial charge in [-0.3, -0.25) is 9.78 Å². The van der Waals surface area contributed by atoms with Crippen molar-refractivity contribution in [2.24, 2.45) is 0 Å². The molecule has 100 valence electrons. The molecule has 0 aliphatic rings. The summed E-state index contributed by atoms with van der Waals surface area (Å²) >= 11 is 0. The van der Waals surface area contributed by atoms with Crippen molar-refractivity contribution in [2.45, 2.75) is 32.7 Å². The van der Waals surface area contributed by atoms with Gasteiger partial charge < -0.3 is 9.84 Å². The van der Waals surface area contributed by atoms with Crippen LogP contribution in [-0.2, 0) is 17.6 Å². The lowest BCUT2D eigenvalue weighted by atomic mass is 10.2. The molecular weight excluding hydrogens is 244 g/mol. The number of hydrogen-bond donors (Lipinski definition) is 1. The summed E-state index contributed by atoms with van der Waals surface area (Å²) in [6.45, 7) is 3.76. The summed E-state index contributed by atoms with van der Waals surface area (Å²) in [6.07, 6.45) is 4.35. The highest BCUT2D eigenvalue weighted by Gasteiger charge is 2.16. The first kappa shape index (κ1) is 13.2. The van der Waals surface area contributed by atoms with Gasteiger partial charge in [0.25, 0.3) is 0 Å². The van der Waals surface area contributed by atoms with Gasteiger partial charge in [-0.15, -0.1) is 0 Å². The molecule has 0 saturated heterocycles. The first-order chi connectivity index (χ1) is 9.19. The molecule has 0 aliphatic heterocycles. The van der Waals surface area contributed by atoms with Gasteiger partial charge in [0.2, 0.25) is 11.8 Å². The number of rotatable bonds is 5. The van der Waals surface area contributed by atoms with Crippen LogP contribution >= 0.6 is 0 Å². The number of amides is 1. The molecule has 0 aromatic carbocycles. The molecule has 2 rings (SSSR count). The van der Waals surface area contributed by atoms with E-state index >= 15 is 0 Å². The van der Waals surface area contributed by atoms with Crippen molar-refractivity contribution in [1.82, 2.24) is 20.4 Å². The summed E-state index contributed by atoms with van der Waals surface area (Å²) in [5.74, 6) is 0.986. The second-order valence-electron chi connectivity index (χ2n) is 4.22. The third-order valence-corrected chi connectivity index (χ3v) is 2.66. The number of carbonyl (C=O) groups is 1. The zero-order valence-corrected chi connectivity index (χ0v) is 11.0. The average Bonchev–Trinajstić information content (AvgIpc) is 2.88. The molecule has 1 atom stereocenters. The molecule has 2 aromatic rings. The smallest absolute Gasteiger partial charge is 0.248 e. The van der Waals surface area contributed by atoms with Crippen molar-refractivity contribution in [3.05, 3.63) is 41.8 Å². The average molecular weight is 260 g/mol. The number of aromatic nitrogens is 3. The molecular formula is C13H16N4O2. The molecule has 2 heterocycles. The quantitative estimate of drug-likeness (QED) is 0.880. The lowest BCUT2D eigenvalue weighted by Gasteiger charge is -2.09. The SMILES string of the molecule is CCc1noc(C(C)NC(=O)Cc2ccncc2)n1. The van der Waals surface area contributed by atoms with E-state index in [0.29, 0.717) is 24.6 Å². The second kappa shape index (κ2) is 6.08. The largest absolute Gasteiger partial charge is 0.344 e. The first-order valence-corrected chi connectivity index (χ1v) is 6.19. The lowest BCUT2D eigenvalue weighted by molar-refractivity contribution is -0.121. The molecule has 0 aliphatic carbocycles. The molecule has 0 fully saturated rings. The van der Waals surface area contributed by atoms with Gasteiger partial charge in [-0.05, 0) is 24.6 Å². The summed E-state index contributed by atoms with van der Waals surface area (Å²) in [5, 5.41) is 6.63. The van der Waals surface area contributed by atoms with Crippen LogP contribution in [0, 0.1) is 0 Å². The minimum absolute atomic E-state index is 0.0880. The van der Waals surface area contributed by atoms with Gasteiger partial charge in [-0.25, -0.2) is 0 Å². The zero-order chi connectivity index (χ0) is 13.7. The van der Waals surface area contributed by atoms with E-state index in [-0.39, 0.29) is 11.9 Å². The summed E-state index contributed by atoms with van der Waals surface area (Å²) < 4.78 is 5.08. The number of nitrogens with zero attached hydrogens (tertiary/aromatic N) is 3. The maximum absolute atomic E-state index is 11.9. The molecule has 1 amide bonds. The predicted molar refractivity (Wildman–Crippen MR) is 68.2 cm³/mol. The Morgan fingerprint density at radius 3 is 2.79 bits per heavy atom. The van der Waals surface area contributed by atoms with Crippen LogP contribution < -0.4 is 5.32 Å². The fourth-order valence-corrected chi connectivity index (χ4v) is 1.63. The van der Waals surface area contributed by atoms with Crippen LogP contribution in [0.1, 0.15) is 37.2 Å². The summed E-state index contributed by atoms with van der Waals surface area (Å²) in [4.78, 5) is 19.9. The number of aryl methyl sites for hydroxylation is 1. The van der Waals surface area contributed by atoms with Gasteiger partial charge in [0.15, 0.2) is 5.82 Å². The normalized spacial score (nSPS) is 12.1. The van der Waals surface area contributed by atoms with Crippen LogP contribution in [0.3, 0.4) is 0 Å². The second-order valence-corrected chi connectivity index (χ2v) is 4.22. The van der Waals surface area contributed by atoms with Crippen molar-refractivity contribution in [1.29, 1.82) is 0 Å². The molecule has 2 aromatic heterocycles. The molecule has 0 bridgehead atoms. The Kier molecular flexibility index (Phi) is 4.22. The number of hydrogen-bond acceptors (Lipinski definition) is 5. The maximum atomic E-state index is 11.9. The Hall–Kier alpha value is -2.24. The first-order valence-electron chi connectivity index (χ1n) is 6.19. The maximum Gasteiger partial charge on any atom is 0.248 e. The van der Waals surface area contributed by atoms with Crippen LogP contribution in [0.25, 0.3) is 0 Å². The van der Waals surface area contributed by atoms with Crippen molar-refractivity contribution in [2.75, 3.05) is 0 Å². The summed E-state index contributed by atoms with van der Waals surface area (Å²) in [7, 11) is 0. The Bertz CT molecular complexity index is 539. The fraction of sp³-hybridized carbons (Fsp3) is 0.385. The van der Waals surface area contributed by atoms with E-state index in [1.54, 1.807) is 12.4 Å². The number of carbonyl (C=O) groups excluding carboxylic acids is 1. The highest BCUT2D eigenvalue weighted by atomic mass is 16.5. The van der Waals surface area contributed by atoms with E-state index < -0.39 is 0 Å². The standard InChI is InChI=1S/C13H16N4O2/c1-3-11-16-13(19-17-11)9(2)15-12(18)8-10-4-6-14-7-5-10/h4-7,9H,3,8H2,1-2H3,(H,15,18). The molecule has 6 heteroatoms. The molecule has 1 N–H and O–H groups in total. The molecule has 0 spiro atoms. The van der Waals surface area contributed by atoms with Crippen molar-refractivity contribution in [3.63, 3.8) is 0 Å². The molecule has 1 unspecified atom stereocenters. The van der Waals surface area contributed by atoms with E-state index in [0.717, 1.165) is 5.56 Å². The third kappa shape index (κ3) is 3.61. The molecule has 0 radical (unpaired) electrons. The van der Waals surface area contributed by atoms with Crippen LogP contribution in [0.15, 0.2) is 29.0 Å². The third-order valence-electron chi connectivity index (χ3n) is 2.66. The van der Waals surface area contributed by atoms with E-state index in [1.165, 1.54) is 0 Å². The van der Waals surface area contributed by atoms with Crippen LogP contribution in [0.5, 0.6) is 0 Å². The molecule has 6 nitrogen and oxygen atoms in total. The van der Waals surface area contributed by atoms with E-state index in [4.69, 9.17) is 4.52 Å². The van der Waals surface area contributed by atoms with Gasteiger partial charge in [0.05, 0.1) is 6.42 Å². The van der Waals surface area contributed by atoms with Gasteiger partial charge in [-0.2, -0.15) is 4.98 Å². The lowest BCUT2D eigenvalue weighted by Crippen LogP contribution is -2.28. The van der Waals surface area contributed by atoms with Crippen molar-refractivity contribution >= 4 is 5.91 Å². The highest BCUT2D eigenvalue weighted by Crippen LogP contribution is 2.10. The predicted octanol–water partition coefficient (Wildman–Crippen LogP) is 1.45. The van der Waals surface area contributed by atoms with Crippen LogP contribution in [-0.4, -0.2) is 21.0 Å². The van der Waals surface area contributed by atoms with E-state index in [2.05, 4.69) is 20.4 Å². The topological polar surface area (TPSA) is 80.9 Å². The van der Waals surface area contributed by atoms with Gasteiger partial charge >= 0.3 is 0 Å². The van der Waals surface area contributed by atoms with Crippen LogP contribution in [0.4, 0.5) is 0 Å². The molecule has 0 saturated carbocycles. The Labute approximate surface area is 111 Å². The molecule has 19 heavy (non-hydrogen) atoms.